The van der Waals surface area contributed by atoms with Crippen LogP contribution in [0.2, 0.25) is 5.02 Å². The lowest BCUT2D eigenvalue weighted by molar-refractivity contribution is 0.559. The molecule has 0 fully saturated rings. The molecule has 0 aliphatic carbocycles. The van der Waals surface area contributed by atoms with E-state index in [1.54, 1.807) is 0 Å². The van der Waals surface area contributed by atoms with Gasteiger partial charge in [-0.2, -0.15) is 0 Å². The Morgan fingerprint density at radius 2 is 1.89 bits per heavy atom. The number of thiophene rings is 1. The number of aromatic amines is 1. The van der Waals surface area contributed by atoms with E-state index in [1.807, 2.05) is 60.0 Å². The second kappa shape index (κ2) is 7.64. The summed E-state index contributed by atoms with van der Waals surface area (Å²) in [5.74, 6) is 0.634. The Morgan fingerprint density at radius 3 is 2.63 bits per heavy atom. The van der Waals surface area contributed by atoms with E-state index >= 15 is 0 Å². The Morgan fingerprint density at radius 1 is 1.15 bits per heavy atom. The van der Waals surface area contributed by atoms with E-state index in [1.165, 1.54) is 11.3 Å². The van der Waals surface area contributed by atoms with Crippen LogP contribution in [0.5, 0.6) is 0 Å². The van der Waals surface area contributed by atoms with Crippen molar-refractivity contribution in [3.05, 3.63) is 86.7 Å². The third-order valence-electron chi connectivity index (χ3n) is 4.52. The molecule has 0 aliphatic rings. The van der Waals surface area contributed by atoms with Gasteiger partial charge in [0.1, 0.15) is 10.7 Å². The van der Waals surface area contributed by atoms with Gasteiger partial charge in [-0.15, -0.1) is 11.3 Å². The molecular formula is C21H18ClN3OS. The highest BCUT2D eigenvalue weighted by Gasteiger charge is 2.13. The number of rotatable bonds is 5. The minimum atomic E-state index is -0.101. The van der Waals surface area contributed by atoms with E-state index in [-0.39, 0.29) is 11.6 Å². The summed E-state index contributed by atoms with van der Waals surface area (Å²) in [7, 11) is 0. The van der Waals surface area contributed by atoms with Crippen LogP contribution in [0.25, 0.3) is 21.3 Å². The van der Waals surface area contributed by atoms with Crippen molar-refractivity contribution in [2.75, 3.05) is 0 Å². The van der Waals surface area contributed by atoms with Crippen LogP contribution in [0.4, 0.5) is 0 Å². The zero-order valence-corrected chi connectivity index (χ0v) is 16.3. The molecule has 1 atom stereocenters. The van der Waals surface area contributed by atoms with Gasteiger partial charge in [0.25, 0.3) is 5.56 Å². The van der Waals surface area contributed by atoms with Crippen LogP contribution in [0.15, 0.2) is 64.8 Å². The molecular weight excluding hydrogens is 378 g/mol. The second-order valence-electron chi connectivity index (χ2n) is 6.36. The first-order valence-electron chi connectivity index (χ1n) is 8.66. The third kappa shape index (κ3) is 3.81. The van der Waals surface area contributed by atoms with E-state index in [0.29, 0.717) is 22.8 Å². The van der Waals surface area contributed by atoms with Crippen molar-refractivity contribution in [1.82, 2.24) is 15.3 Å². The van der Waals surface area contributed by atoms with Crippen LogP contribution in [-0.4, -0.2) is 9.97 Å². The van der Waals surface area contributed by atoms with E-state index in [9.17, 15) is 4.79 Å². The zero-order valence-electron chi connectivity index (χ0n) is 14.7. The standard InChI is InChI=1S/C21H18ClN3OS/c1-13(14-7-9-16(22)10-8-14)23-11-18-24-20(26)19-17(12-27-21(19)25-18)15-5-3-2-4-6-15/h2-10,12-13,23H,11H2,1H3,(H,24,25,26). The first kappa shape index (κ1) is 17.9. The van der Waals surface area contributed by atoms with Gasteiger partial charge >= 0.3 is 0 Å². The fraction of sp³-hybridized carbons (Fsp3) is 0.143. The first-order valence-corrected chi connectivity index (χ1v) is 9.92. The van der Waals surface area contributed by atoms with Crippen LogP contribution in [-0.2, 0) is 6.54 Å². The Labute approximate surface area is 165 Å². The summed E-state index contributed by atoms with van der Waals surface area (Å²) in [6, 6.07) is 17.8. The molecule has 2 N–H and O–H groups in total. The number of hydrogen-bond acceptors (Lipinski definition) is 4. The minimum Gasteiger partial charge on any atom is -0.309 e. The SMILES string of the molecule is CC(NCc1nc2scc(-c3ccccc3)c2c(=O)[nH]1)c1ccc(Cl)cc1. The largest absolute Gasteiger partial charge is 0.309 e. The van der Waals surface area contributed by atoms with Gasteiger partial charge in [0.05, 0.1) is 11.9 Å². The quantitative estimate of drug-likeness (QED) is 0.491. The van der Waals surface area contributed by atoms with Crippen molar-refractivity contribution in [2.24, 2.45) is 0 Å². The van der Waals surface area contributed by atoms with Crippen LogP contribution < -0.4 is 10.9 Å². The molecule has 4 nitrogen and oxygen atoms in total. The Bertz CT molecular complexity index is 1120. The molecule has 1 unspecified atom stereocenters. The number of H-pyrrole nitrogens is 1. The fourth-order valence-electron chi connectivity index (χ4n) is 3.03. The Balaban J connectivity index is 1.57. The maximum atomic E-state index is 12.7. The molecule has 2 heterocycles. The van der Waals surface area contributed by atoms with E-state index in [2.05, 4.69) is 22.2 Å². The average Bonchev–Trinajstić information content (AvgIpc) is 3.12. The number of nitrogens with zero attached hydrogens (tertiary/aromatic N) is 1. The number of nitrogens with one attached hydrogen (secondary N) is 2. The Kier molecular flexibility index (Phi) is 5.07. The number of fused-ring (bicyclic) bond motifs is 1. The van der Waals surface area contributed by atoms with Gasteiger partial charge in [-0.1, -0.05) is 54.1 Å². The van der Waals surface area contributed by atoms with E-state index in [4.69, 9.17) is 11.6 Å². The Hall–Kier alpha value is -2.47. The van der Waals surface area contributed by atoms with E-state index < -0.39 is 0 Å². The number of hydrogen-bond donors (Lipinski definition) is 2. The lowest BCUT2D eigenvalue weighted by Gasteiger charge is -2.14. The minimum absolute atomic E-state index is 0.101. The van der Waals surface area contributed by atoms with Crippen LogP contribution in [0, 0.1) is 0 Å². The number of benzene rings is 2. The maximum absolute atomic E-state index is 12.7. The molecule has 0 radical (unpaired) electrons. The normalized spacial score (nSPS) is 12.4. The summed E-state index contributed by atoms with van der Waals surface area (Å²) < 4.78 is 0. The highest BCUT2D eigenvalue weighted by atomic mass is 35.5. The monoisotopic (exact) mass is 395 g/mol. The fourth-order valence-corrected chi connectivity index (χ4v) is 4.12. The van der Waals surface area contributed by atoms with Crippen molar-refractivity contribution < 1.29 is 0 Å². The molecule has 4 rings (SSSR count). The topological polar surface area (TPSA) is 57.8 Å². The smallest absolute Gasteiger partial charge is 0.260 e. The van der Waals surface area contributed by atoms with Gasteiger partial charge in [0.2, 0.25) is 0 Å². The summed E-state index contributed by atoms with van der Waals surface area (Å²) >= 11 is 7.44. The molecule has 0 saturated carbocycles. The summed E-state index contributed by atoms with van der Waals surface area (Å²) in [4.78, 5) is 21.0. The van der Waals surface area contributed by atoms with Crippen molar-refractivity contribution in [3.63, 3.8) is 0 Å². The summed E-state index contributed by atoms with van der Waals surface area (Å²) in [5, 5.41) is 6.76. The molecule has 2 aromatic heterocycles. The molecule has 0 amide bonds. The lowest BCUT2D eigenvalue weighted by Crippen LogP contribution is -2.22. The predicted molar refractivity (Wildman–Crippen MR) is 112 cm³/mol. The van der Waals surface area contributed by atoms with Gasteiger partial charge in [-0.25, -0.2) is 4.98 Å². The molecule has 0 bridgehead atoms. The third-order valence-corrected chi connectivity index (χ3v) is 5.65. The first-order chi connectivity index (χ1) is 13.1. The van der Waals surface area contributed by atoms with Crippen molar-refractivity contribution in [2.45, 2.75) is 19.5 Å². The number of aromatic nitrogens is 2. The lowest BCUT2D eigenvalue weighted by atomic mass is 10.1. The molecule has 2 aromatic carbocycles. The van der Waals surface area contributed by atoms with Gasteiger partial charge in [0.15, 0.2) is 0 Å². The molecule has 0 spiro atoms. The van der Waals surface area contributed by atoms with E-state index in [0.717, 1.165) is 21.5 Å². The van der Waals surface area contributed by atoms with Crippen molar-refractivity contribution in [1.29, 1.82) is 0 Å². The number of halogens is 1. The molecule has 0 aliphatic heterocycles. The van der Waals surface area contributed by atoms with Gasteiger partial charge in [-0.3, -0.25) is 4.79 Å². The zero-order chi connectivity index (χ0) is 18.8. The van der Waals surface area contributed by atoms with Crippen LogP contribution >= 0.6 is 22.9 Å². The van der Waals surface area contributed by atoms with Gasteiger partial charge in [-0.05, 0) is 30.2 Å². The molecule has 4 aromatic rings. The highest BCUT2D eigenvalue weighted by molar-refractivity contribution is 7.17. The maximum Gasteiger partial charge on any atom is 0.260 e. The van der Waals surface area contributed by atoms with Crippen LogP contribution in [0.1, 0.15) is 24.4 Å². The molecule has 0 saturated heterocycles. The second-order valence-corrected chi connectivity index (χ2v) is 7.66. The highest BCUT2D eigenvalue weighted by Crippen LogP contribution is 2.30. The van der Waals surface area contributed by atoms with Crippen molar-refractivity contribution >= 4 is 33.2 Å². The van der Waals surface area contributed by atoms with Crippen LogP contribution in [0.3, 0.4) is 0 Å². The summed E-state index contributed by atoms with van der Waals surface area (Å²) in [5.41, 5.74) is 2.98. The predicted octanol–water partition coefficient (Wildman–Crippen LogP) is 5.16. The van der Waals surface area contributed by atoms with Gasteiger partial charge in [0, 0.05) is 22.0 Å². The summed E-state index contributed by atoms with van der Waals surface area (Å²) in [6.45, 7) is 2.55. The molecule has 136 valence electrons. The molecule has 6 heteroatoms. The van der Waals surface area contributed by atoms with Gasteiger partial charge < -0.3 is 10.3 Å². The van der Waals surface area contributed by atoms with Crippen molar-refractivity contribution in [3.8, 4) is 11.1 Å². The molecule has 27 heavy (non-hydrogen) atoms. The summed E-state index contributed by atoms with van der Waals surface area (Å²) in [6.07, 6.45) is 0. The average molecular weight is 396 g/mol.